The number of fused-ring (bicyclic) bond motifs is 9. The fourth-order valence-corrected chi connectivity index (χ4v) is 10.2. The molecule has 272 valence electrons. The Labute approximate surface area is 338 Å². The van der Waals surface area contributed by atoms with Crippen molar-refractivity contribution in [2.45, 2.75) is 0 Å². The molecule has 3 nitrogen and oxygen atoms in total. The maximum atomic E-state index is 6.29. The lowest BCUT2D eigenvalue weighted by molar-refractivity contribution is 0.669. The van der Waals surface area contributed by atoms with E-state index in [1.165, 1.54) is 64.4 Å². The zero-order valence-corrected chi connectivity index (χ0v) is 32.2. The minimum Gasteiger partial charge on any atom is -0.456 e. The highest BCUT2D eigenvalue weighted by Crippen LogP contribution is 2.47. The molecule has 12 rings (SSSR count). The lowest BCUT2D eigenvalue weighted by atomic mass is 9.95. The van der Waals surface area contributed by atoms with Crippen LogP contribution in [0.5, 0.6) is 0 Å². The second-order valence-electron chi connectivity index (χ2n) is 14.9. The zero-order valence-electron chi connectivity index (χ0n) is 31.3. The average molecular weight is 759 g/mol. The van der Waals surface area contributed by atoms with Crippen molar-refractivity contribution in [1.82, 2.24) is 4.57 Å². The molecule has 3 aromatic heterocycles. The topological polar surface area (TPSA) is 21.3 Å². The number of furan rings is 1. The molecule has 58 heavy (non-hydrogen) atoms. The molecule has 0 aliphatic heterocycles. The average Bonchev–Trinajstić information content (AvgIpc) is 3.97. The highest BCUT2D eigenvalue weighted by molar-refractivity contribution is 7.26. The summed E-state index contributed by atoms with van der Waals surface area (Å²) in [5.41, 5.74) is 13.3. The van der Waals surface area contributed by atoms with Gasteiger partial charge in [0.2, 0.25) is 0 Å². The molecule has 0 aliphatic rings. The van der Waals surface area contributed by atoms with Gasteiger partial charge in [-0.15, -0.1) is 11.3 Å². The Kier molecular flexibility index (Phi) is 7.40. The van der Waals surface area contributed by atoms with Gasteiger partial charge in [0.15, 0.2) is 0 Å². The van der Waals surface area contributed by atoms with Crippen LogP contribution < -0.4 is 4.90 Å². The van der Waals surface area contributed by atoms with Gasteiger partial charge < -0.3 is 13.9 Å². The van der Waals surface area contributed by atoms with Crippen LogP contribution in [0.2, 0.25) is 0 Å². The summed E-state index contributed by atoms with van der Waals surface area (Å²) in [4.78, 5) is 2.41. The van der Waals surface area contributed by atoms with Crippen molar-refractivity contribution in [1.29, 1.82) is 0 Å². The van der Waals surface area contributed by atoms with Crippen molar-refractivity contribution in [2.24, 2.45) is 0 Å². The maximum absolute atomic E-state index is 6.29. The summed E-state index contributed by atoms with van der Waals surface area (Å²) in [5.74, 6) is 0. The monoisotopic (exact) mass is 758 g/mol. The number of aromatic nitrogens is 1. The molecule has 0 radical (unpaired) electrons. The van der Waals surface area contributed by atoms with E-state index in [0.717, 1.165) is 44.6 Å². The van der Waals surface area contributed by atoms with Crippen LogP contribution in [0.15, 0.2) is 211 Å². The van der Waals surface area contributed by atoms with Crippen LogP contribution in [-0.4, -0.2) is 4.57 Å². The SMILES string of the molecule is c1ccc(-c2cccc(-c3ccc(N(c4ccc5oc6ccccc6c5c4)c4cccc5c4sc4ccccc45)cc3)c2-n2c3ccccc3c3ccccc32)cc1. The number of benzene rings is 9. The highest BCUT2D eigenvalue weighted by Gasteiger charge is 2.22. The molecule has 0 bridgehead atoms. The molecule has 0 amide bonds. The van der Waals surface area contributed by atoms with E-state index in [1.54, 1.807) is 0 Å². The molecule has 0 saturated carbocycles. The molecule has 9 aromatic carbocycles. The molecule has 0 spiro atoms. The summed E-state index contributed by atoms with van der Waals surface area (Å²) in [5, 5.41) is 7.26. The highest BCUT2D eigenvalue weighted by atomic mass is 32.1. The minimum absolute atomic E-state index is 0.885. The van der Waals surface area contributed by atoms with Gasteiger partial charge in [-0.05, 0) is 71.8 Å². The largest absolute Gasteiger partial charge is 0.456 e. The fourth-order valence-electron chi connectivity index (χ4n) is 9.01. The predicted octanol–water partition coefficient (Wildman–Crippen LogP) is 15.9. The van der Waals surface area contributed by atoms with Gasteiger partial charge in [0.05, 0.1) is 27.1 Å². The van der Waals surface area contributed by atoms with Gasteiger partial charge in [0, 0.05) is 59.5 Å². The normalized spacial score (nSPS) is 11.8. The summed E-state index contributed by atoms with van der Waals surface area (Å²) >= 11 is 1.85. The van der Waals surface area contributed by atoms with Gasteiger partial charge in [-0.2, -0.15) is 0 Å². The van der Waals surface area contributed by atoms with E-state index in [1.807, 2.05) is 23.5 Å². The summed E-state index contributed by atoms with van der Waals surface area (Å²) in [6.07, 6.45) is 0. The number of thiophene rings is 1. The van der Waals surface area contributed by atoms with Crippen LogP contribution in [0.25, 0.3) is 91.9 Å². The van der Waals surface area contributed by atoms with Gasteiger partial charge in [-0.3, -0.25) is 0 Å². The number of para-hydroxylation sites is 4. The zero-order chi connectivity index (χ0) is 38.2. The Morgan fingerprint density at radius 3 is 1.72 bits per heavy atom. The number of hydrogen-bond acceptors (Lipinski definition) is 3. The van der Waals surface area contributed by atoms with E-state index < -0.39 is 0 Å². The van der Waals surface area contributed by atoms with Crippen LogP contribution in [0.3, 0.4) is 0 Å². The Morgan fingerprint density at radius 2 is 0.966 bits per heavy atom. The molecule has 0 N–H and O–H groups in total. The second kappa shape index (κ2) is 13.1. The molecular weight excluding hydrogens is 725 g/mol. The van der Waals surface area contributed by atoms with Crippen molar-refractivity contribution in [3.63, 3.8) is 0 Å². The van der Waals surface area contributed by atoms with Gasteiger partial charge in [0.25, 0.3) is 0 Å². The molecule has 0 saturated heterocycles. The molecular formula is C54H34N2OS. The molecule has 0 atom stereocenters. The van der Waals surface area contributed by atoms with E-state index in [0.29, 0.717) is 0 Å². The van der Waals surface area contributed by atoms with Gasteiger partial charge in [-0.1, -0.05) is 146 Å². The molecule has 0 fully saturated rings. The molecule has 3 heterocycles. The third kappa shape index (κ3) is 5.05. The Morgan fingerprint density at radius 1 is 0.397 bits per heavy atom. The van der Waals surface area contributed by atoms with E-state index in [4.69, 9.17) is 4.42 Å². The standard InChI is InChI=1S/C54H34N2OS/c1-2-14-35(15-3-1)39-20-12-21-40(53(39)56-47-23-8-4-16-41(47)42-17-5-9-24-48(42)56)36-28-30-37(31-29-36)55(38-32-33-51-46(34-38)43-18-6-10-26-50(43)57-51)49-25-13-22-45-44-19-7-11-27-52(44)58-54(45)49/h1-34H. The van der Waals surface area contributed by atoms with Gasteiger partial charge in [0.1, 0.15) is 11.2 Å². The Bertz CT molecular complexity index is 3460. The van der Waals surface area contributed by atoms with Crippen LogP contribution in [0.1, 0.15) is 0 Å². The van der Waals surface area contributed by atoms with Crippen molar-refractivity contribution in [3.8, 4) is 27.9 Å². The number of hydrogen-bond donors (Lipinski definition) is 0. The summed E-state index contributed by atoms with van der Waals surface area (Å²) in [7, 11) is 0. The lowest BCUT2D eigenvalue weighted by Crippen LogP contribution is -2.10. The minimum atomic E-state index is 0.885. The molecule has 0 unspecified atom stereocenters. The first-order chi connectivity index (χ1) is 28.8. The van der Waals surface area contributed by atoms with E-state index >= 15 is 0 Å². The van der Waals surface area contributed by atoms with Crippen molar-refractivity contribution in [3.05, 3.63) is 206 Å². The van der Waals surface area contributed by atoms with Crippen molar-refractivity contribution < 1.29 is 4.42 Å². The summed E-state index contributed by atoms with van der Waals surface area (Å²) in [6.45, 7) is 0. The number of anilines is 3. The molecule has 0 aliphatic carbocycles. The van der Waals surface area contributed by atoms with Crippen LogP contribution >= 0.6 is 11.3 Å². The van der Waals surface area contributed by atoms with Crippen LogP contribution in [0, 0.1) is 0 Å². The first kappa shape index (κ1) is 32.8. The third-order valence-corrected chi connectivity index (χ3v) is 12.8. The van der Waals surface area contributed by atoms with E-state index in [2.05, 4.69) is 204 Å². The summed E-state index contributed by atoms with van der Waals surface area (Å²) in [6, 6.07) is 74.5. The van der Waals surface area contributed by atoms with E-state index in [9.17, 15) is 0 Å². The second-order valence-corrected chi connectivity index (χ2v) is 15.9. The Hall–Kier alpha value is -7.40. The third-order valence-electron chi connectivity index (χ3n) is 11.6. The molecule has 4 heteroatoms. The van der Waals surface area contributed by atoms with Gasteiger partial charge in [-0.25, -0.2) is 0 Å². The predicted molar refractivity (Wildman–Crippen MR) is 247 cm³/mol. The quantitative estimate of drug-likeness (QED) is 0.168. The first-order valence-electron chi connectivity index (χ1n) is 19.7. The maximum Gasteiger partial charge on any atom is 0.135 e. The van der Waals surface area contributed by atoms with Crippen molar-refractivity contribution >= 4 is 92.3 Å². The number of nitrogens with zero attached hydrogens (tertiary/aromatic N) is 2. The smallest absolute Gasteiger partial charge is 0.135 e. The van der Waals surface area contributed by atoms with E-state index in [-0.39, 0.29) is 0 Å². The number of rotatable bonds is 6. The summed E-state index contributed by atoms with van der Waals surface area (Å²) < 4.78 is 11.3. The van der Waals surface area contributed by atoms with Crippen molar-refractivity contribution in [2.75, 3.05) is 4.90 Å². The fraction of sp³-hybridized carbons (Fsp3) is 0. The van der Waals surface area contributed by atoms with Crippen LogP contribution in [0.4, 0.5) is 17.1 Å². The first-order valence-corrected chi connectivity index (χ1v) is 20.5. The molecule has 12 aromatic rings. The van der Waals surface area contributed by atoms with Gasteiger partial charge >= 0.3 is 0 Å². The Balaban J connectivity index is 1.08. The lowest BCUT2D eigenvalue weighted by Gasteiger charge is -2.26. The van der Waals surface area contributed by atoms with Crippen LogP contribution in [-0.2, 0) is 0 Å².